The molecule has 1 spiro atoms. The van der Waals surface area contributed by atoms with Crippen LogP contribution in [0.5, 0.6) is 0 Å². The first-order chi connectivity index (χ1) is 11.6. The number of ether oxygens (including phenoxy) is 1. The molecule has 5 heteroatoms. The van der Waals surface area contributed by atoms with Crippen LogP contribution in [-0.2, 0) is 14.3 Å². The topological polar surface area (TPSA) is 63.7 Å². The van der Waals surface area contributed by atoms with E-state index in [9.17, 15) is 14.4 Å². The summed E-state index contributed by atoms with van der Waals surface area (Å²) in [5, 5.41) is 0. The molecule has 3 aliphatic carbocycles. The maximum atomic E-state index is 13.0. The number of imide groups is 1. The number of fused-ring (bicyclic) bond motifs is 3. The third kappa shape index (κ3) is 1.48. The van der Waals surface area contributed by atoms with Gasteiger partial charge in [-0.25, -0.2) is 9.69 Å². The Bertz CT molecular complexity index is 788. The van der Waals surface area contributed by atoms with Gasteiger partial charge >= 0.3 is 5.97 Å². The fraction of sp³-hybridized carbons (Fsp3) is 0.421. The number of nitrogens with zero attached hydrogens (tertiary/aromatic N) is 1. The second-order valence-electron chi connectivity index (χ2n) is 7.27. The van der Waals surface area contributed by atoms with Crippen LogP contribution in [0.25, 0.3) is 0 Å². The maximum Gasteiger partial charge on any atom is 0.337 e. The zero-order valence-electron chi connectivity index (χ0n) is 13.3. The minimum atomic E-state index is -0.477. The number of anilines is 1. The smallest absolute Gasteiger partial charge is 0.337 e. The van der Waals surface area contributed by atoms with Gasteiger partial charge in [0.1, 0.15) is 0 Å². The van der Waals surface area contributed by atoms with Gasteiger partial charge < -0.3 is 4.74 Å². The lowest BCUT2D eigenvalue weighted by atomic mass is 9.85. The molecule has 4 unspecified atom stereocenters. The first kappa shape index (κ1) is 14.0. The number of allylic oxidation sites excluding steroid dienone is 2. The highest BCUT2D eigenvalue weighted by Gasteiger charge is 2.73. The Kier molecular flexibility index (Phi) is 2.53. The van der Waals surface area contributed by atoms with Gasteiger partial charge in [-0.2, -0.15) is 0 Å². The third-order valence-corrected chi connectivity index (χ3v) is 6.38. The van der Waals surface area contributed by atoms with Crippen molar-refractivity contribution in [1.29, 1.82) is 0 Å². The van der Waals surface area contributed by atoms with Gasteiger partial charge in [-0.05, 0) is 48.3 Å². The minimum Gasteiger partial charge on any atom is -0.465 e. The van der Waals surface area contributed by atoms with Crippen LogP contribution in [-0.4, -0.2) is 24.9 Å². The molecule has 1 aliphatic heterocycles. The predicted octanol–water partition coefficient (Wildman–Crippen LogP) is 2.17. The number of esters is 1. The van der Waals surface area contributed by atoms with Crippen molar-refractivity contribution in [1.82, 2.24) is 0 Å². The van der Waals surface area contributed by atoms with E-state index < -0.39 is 5.97 Å². The van der Waals surface area contributed by atoms with Crippen molar-refractivity contribution < 1.29 is 19.1 Å². The molecule has 3 fully saturated rings. The molecule has 1 heterocycles. The van der Waals surface area contributed by atoms with E-state index in [0.717, 1.165) is 12.8 Å². The van der Waals surface area contributed by atoms with Gasteiger partial charge in [-0.15, -0.1) is 0 Å². The number of carbonyl (C=O) groups is 3. The number of amides is 2. The summed E-state index contributed by atoms with van der Waals surface area (Å²) in [5.74, 6) is -0.746. The van der Waals surface area contributed by atoms with Crippen molar-refractivity contribution in [3.05, 3.63) is 42.0 Å². The molecular weight excluding hydrogens is 306 g/mol. The third-order valence-electron chi connectivity index (χ3n) is 6.38. The van der Waals surface area contributed by atoms with E-state index in [-0.39, 0.29) is 40.9 Å². The quantitative estimate of drug-likeness (QED) is 0.475. The van der Waals surface area contributed by atoms with E-state index in [1.54, 1.807) is 24.3 Å². The molecule has 1 saturated heterocycles. The van der Waals surface area contributed by atoms with Crippen LogP contribution in [0.1, 0.15) is 23.2 Å². The molecule has 1 aromatic rings. The van der Waals surface area contributed by atoms with Gasteiger partial charge in [-0.3, -0.25) is 9.59 Å². The molecule has 24 heavy (non-hydrogen) atoms. The summed E-state index contributed by atoms with van der Waals surface area (Å²) in [6.45, 7) is 0. The lowest BCUT2D eigenvalue weighted by molar-refractivity contribution is -0.123. The first-order valence-corrected chi connectivity index (χ1v) is 8.33. The monoisotopic (exact) mass is 323 g/mol. The summed E-state index contributed by atoms with van der Waals surface area (Å²) in [5.41, 5.74) is 1.000. The van der Waals surface area contributed by atoms with Crippen molar-refractivity contribution in [3.8, 4) is 0 Å². The Balaban J connectivity index is 1.53. The molecule has 4 atom stereocenters. The Morgan fingerprint density at radius 2 is 1.75 bits per heavy atom. The SMILES string of the molecule is COC(=O)c1cccc(N2C(=O)C3C(C2=O)C2C=CC3C23CC3)c1. The number of hydrogen-bond donors (Lipinski definition) is 0. The highest BCUT2D eigenvalue weighted by Crippen LogP contribution is 2.73. The predicted molar refractivity (Wildman–Crippen MR) is 85.0 cm³/mol. The van der Waals surface area contributed by atoms with Crippen LogP contribution in [0, 0.1) is 29.1 Å². The first-order valence-electron chi connectivity index (χ1n) is 8.33. The highest BCUT2D eigenvalue weighted by atomic mass is 16.5. The molecule has 0 radical (unpaired) electrons. The summed E-state index contributed by atoms with van der Waals surface area (Å²) < 4.78 is 4.72. The van der Waals surface area contributed by atoms with Gasteiger partial charge in [0.05, 0.1) is 30.2 Å². The second-order valence-corrected chi connectivity index (χ2v) is 7.27. The standard InChI is InChI=1S/C19H17NO4/c1-24-18(23)10-3-2-4-11(9-10)20-16(21)14-12-5-6-13(15(14)17(20)22)19(12)7-8-19/h2-6,9,12-15H,7-8H2,1H3. The molecule has 1 aromatic carbocycles. The summed E-state index contributed by atoms with van der Waals surface area (Å²) in [6.07, 6.45) is 6.55. The summed E-state index contributed by atoms with van der Waals surface area (Å²) in [7, 11) is 1.31. The zero-order valence-corrected chi connectivity index (χ0v) is 13.3. The van der Waals surface area contributed by atoms with Gasteiger partial charge in [0.2, 0.25) is 11.8 Å². The van der Waals surface area contributed by atoms with Crippen LogP contribution < -0.4 is 4.90 Å². The largest absolute Gasteiger partial charge is 0.465 e. The molecule has 122 valence electrons. The molecule has 5 rings (SSSR count). The Morgan fingerprint density at radius 1 is 1.12 bits per heavy atom. The zero-order chi connectivity index (χ0) is 16.6. The van der Waals surface area contributed by atoms with E-state index in [2.05, 4.69) is 12.2 Å². The molecule has 0 N–H and O–H groups in total. The Morgan fingerprint density at radius 3 is 2.29 bits per heavy atom. The summed E-state index contributed by atoms with van der Waals surface area (Å²) in [4.78, 5) is 39.0. The lowest BCUT2D eigenvalue weighted by Crippen LogP contribution is -2.34. The molecule has 5 nitrogen and oxygen atoms in total. The number of carbonyl (C=O) groups excluding carboxylic acids is 3. The van der Waals surface area contributed by atoms with Crippen LogP contribution in [0.2, 0.25) is 0 Å². The Hall–Kier alpha value is -2.43. The fourth-order valence-electron chi connectivity index (χ4n) is 5.22. The van der Waals surface area contributed by atoms with Crippen LogP contribution in [0.15, 0.2) is 36.4 Å². The van der Waals surface area contributed by atoms with Gasteiger partial charge in [0, 0.05) is 0 Å². The van der Waals surface area contributed by atoms with Gasteiger partial charge in [0.25, 0.3) is 0 Å². The summed E-state index contributed by atoms with van der Waals surface area (Å²) >= 11 is 0. The molecule has 2 amide bonds. The number of benzene rings is 1. The van der Waals surface area contributed by atoms with E-state index in [1.165, 1.54) is 12.0 Å². The van der Waals surface area contributed by atoms with Crippen molar-refractivity contribution >= 4 is 23.5 Å². The lowest BCUT2D eigenvalue weighted by Gasteiger charge is -2.22. The van der Waals surface area contributed by atoms with Crippen molar-refractivity contribution in [2.75, 3.05) is 12.0 Å². The van der Waals surface area contributed by atoms with Crippen LogP contribution in [0.4, 0.5) is 5.69 Å². The number of hydrogen-bond acceptors (Lipinski definition) is 4. The maximum absolute atomic E-state index is 13.0. The van der Waals surface area contributed by atoms with Crippen molar-refractivity contribution in [3.63, 3.8) is 0 Å². The minimum absolute atomic E-state index is 0.116. The van der Waals surface area contributed by atoms with Crippen molar-refractivity contribution in [2.24, 2.45) is 29.1 Å². The van der Waals surface area contributed by atoms with Crippen LogP contribution in [0.3, 0.4) is 0 Å². The number of rotatable bonds is 2. The van der Waals surface area contributed by atoms with Gasteiger partial charge in [0.15, 0.2) is 0 Å². The van der Waals surface area contributed by atoms with Gasteiger partial charge in [-0.1, -0.05) is 18.2 Å². The number of methoxy groups -OCH3 is 1. The normalized spacial score (nSPS) is 34.1. The Labute approximate surface area is 139 Å². The molecule has 2 bridgehead atoms. The fourth-order valence-corrected chi connectivity index (χ4v) is 5.22. The molecule has 0 aromatic heterocycles. The molecule has 4 aliphatic rings. The van der Waals surface area contributed by atoms with E-state index in [0.29, 0.717) is 11.3 Å². The highest BCUT2D eigenvalue weighted by molar-refractivity contribution is 6.23. The van der Waals surface area contributed by atoms with Crippen molar-refractivity contribution in [2.45, 2.75) is 12.8 Å². The van der Waals surface area contributed by atoms with E-state index >= 15 is 0 Å². The average molecular weight is 323 g/mol. The summed E-state index contributed by atoms with van der Waals surface area (Å²) in [6, 6.07) is 6.55. The van der Waals surface area contributed by atoms with E-state index in [1.807, 2.05) is 0 Å². The molecule has 2 saturated carbocycles. The second kappa shape index (κ2) is 4.35. The molecular formula is C19H17NO4. The van der Waals surface area contributed by atoms with Crippen LogP contribution >= 0.6 is 0 Å². The average Bonchev–Trinajstić information content (AvgIpc) is 3.19. The van der Waals surface area contributed by atoms with E-state index in [4.69, 9.17) is 4.74 Å².